The van der Waals surface area contributed by atoms with Gasteiger partial charge >= 0.3 is 0 Å². The monoisotopic (exact) mass is 126 g/mol. The summed E-state index contributed by atoms with van der Waals surface area (Å²) in [6, 6.07) is -0.344. The third-order valence-electron chi connectivity index (χ3n) is 1.29. The zero-order valence-corrected chi connectivity index (χ0v) is 5.13. The average Bonchev–Trinajstić information content (AvgIpc) is 1.99. The molecule has 0 aromatic carbocycles. The van der Waals surface area contributed by atoms with Gasteiger partial charge in [-0.3, -0.25) is 4.79 Å². The van der Waals surface area contributed by atoms with E-state index in [2.05, 4.69) is 5.32 Å². The number of carbonyl (C=O) groups excluding carboxylic acids is 1. The summed E-state index contributed by atoms with van der Waals surface area (Å²) in [5, 5.41) is 2.64. The molecule has 50 valence electrons. The number of amides is 1. The van der Waals surface area contributed by atoms with E-state index >= 15 is 0 Å². The molecular weight excluding hydrogens is 116 g/mol. The maximum atomic E-state index is 10.7. The van der Waals surface area contributed by atoms with Gasteiger partial charge in [-0.05, 0) is 6.42 Å². The van der Waals surface area contributed by atoms with Gasteiger partial charge in [0.15, 0.2) is 0 Å². The van der Waals surface area contributed by atoms with Gasteiger partial charge in [0.2, 0.25) is 5.91 Å². The summed E-state index contributed by atoms with van der Waals surface area (Å²) in [7, 11) is 0. The highest BCUT2D eigenvalue weighted by molar-refractivity contribution is 5.82. The van der Waals surface area contributed by atoms with Crippen molar-refractivity contribution in [3.8, 4) is 0 Å². The molecule has 3 nitrogen and oxygen atoms in total. The molecule has 0 aliphatic carbocycles. The van der Waals surface area contributed by atoms with Crippen LogP contribution in [0.15, 0.2) is 12.2 Å². The molecule has 1 rings (SSSR count). The largest absolute Gasteiger partial charge is 0.351 e. The fraction of sp³-hybridized carbons (Fsp3) is 0.500. The van der Waals surface area contributed by atoms with E-state index in [9.17, 15) is 4.79 Å². The van der Waals surface area contributed by atoms with Crippen molar-refractivity contribution < 1.29 is 4.79 Å². The quantitative estimate of drug-likeness (QED) is 0.425. The van der Waals surface area contributed by atoms with Crippen LogP contribution in [-0.2, 0) is 4.79 Å². The van der Waals surface area contributed by atoms with Crippen molar-refractivity contribution in [1.29, 1.82) is 0 Å². The number of rotatable bonds is 0. The number of hydrogen-bond donors (Lipinski definition) is 2. The Labute approximate surface area is 53.9 Å². The van der Waals surface area contributed by atoms with Crippen LogP contribution in [0.3, 0.4) is 0 Å². The summed E-state index contributed by atoms with van der Waals surface area (Å²) in [6.07, 6.45) is 4.49. The van der Waals surface area contributed by atoms with Gasteiger partial charge in [0, 0.05) is 6.54 Å². The molecule has 1 atom stereocenters. The highest BCUT2D eigenvalue weighted by atomic mass is 16.2. The molecule has 3 heteroatoms. The van der Waals surface area contributed by atoms with Gasteiger partial charge in [0.05, 0.1) is 6.04 Å². The maximum absolute atomic E-state index is 10.7. The molecule has 0 bridgehead atoms. The lowest BCUT2D eigenvalue weighted by Crippen LogP contribution is -2.38. The Morgan fingerprint density at radius 3 is 3.22 bits per heavy atom. The molecular formula is C6H10N2O. The van der Waals surface area contributed by atoms with Crippen LogP contribution in [0.2, 0.25) is 0 Å². The van der Waals surface area contributed by atoms with Gasteiger partial charge in [-0.25, -0.2) is 0 Å². The standard InChI is InChI=1S/C6H10N2O/c7-5-3-1-2-4-8-6(5)9/h1-2,5H,3-4,7H2,(H,8,9). The molecule has 0 saturated carbocycles. The van der Waals surface area contributed by atoms with Crippen LogP contribution >= 0.6 is 0 Å². The van der Waals surface area contributed by atoms with Crippen molar-refractivity contribution in [3.63, 3.8) is 0 Å². The van der Waals surface area contributed by atoms with Crippen LogP contribution in [0.4, 0.5) is 0 Å². The minimum absolute atomic E-state index is 0.0556. The van der Waals surface area contributed by atoms with Crippen molar-refractivity contribution in [2.24, 2.45) is 5.73 Å². The zero-order chi connectivity index (χ0) is 6.69. The first-order chi connectivity index (χ1) is 4.30. The third kappa shape index (κ3) is 1.54. The van der Waals surface area contributed by atoms with Crippen LogP contribution in [0.5, 0.6) is 0 Å². The van der Waals surface area contributed by atoms with Gasteiger partial charge in [0.25, 0.3) is 0 Å². The van der Waals surface area contributed by atoms with Crippen LogP contribution < -0.4 is 11.1 Å². The molecule has 9 heavy (non-hydrogen) atoms. The van der Waals surface area contributed by atoms with Gasteiger partial charge in [-0.2, -0.15) is 0 Å². The van der Waals surface area contributed by atoms with E-state index < -0.39 is 0 Å². The normalized spacial score (nSPS) is 27.2. The molecule has 1 amide bonds. The van der Waals surface area contributed by atoms with E-state index in [0.29, 0.717) is 13.0 Å². The molecule has 1 aliphatic rings. The molecule has 1 aliphatic heterocycles. The third-order valence-corrected chi connectivity index (χ3v) is 1.29. The minimum Gasteiger partial charge on any atom is -0.351 e. The highest BCUT2D eigenvalue weighted by Crippen LogP contribution is 1.93. The van der Waals surface area contributed by atoms with Crippen LogP contribution in [-0.4, -0.2) is 18.5 Å². The van der Waals surface area contributed by atoms with Gasteiger partial charge < -0.3 is 11.1 Å². The molecule has 1 heterocycles. The van der Waals surface area contributed by atoms with E-state index in [4.69, 9.17) is 5.73 Å². The van der Waals surface area contributed by atoms with Crippen LogP contribution in [0.1, 0.15) is 6.42 Å². The van der Waals surface area contributed by atoms with Crippen molar-refractivity contribution in [3.05, 3.63) is 12.2 Å². The van der Waals surface area contributed by atoms with E-state index in [0.717, 1.165) is 0 Å². The second-order valence-electron chi connectivity index (χ2n) is 2.06. The highest BCUT2D eigenvalue weighted by Gasteiger charge is 2.11. The van der Waals surface area contributed by atoms with E-state index in [1.54, 1.807) is 0 Å². The molecule has 0 spiro atoms. The molecule has 1 unspecified atom stereocenters. The van der Waals surface area contributed by atoms with Crippen molar-refractivity contribution in [1.82, 2.24) is 5.32 Å². The van der Waals surface area contributed by atoms with Gasteiger partial charge in [0.1, 0.15) is 0 Å². The number of hydrogen-bond acceptors (Lipinski definition) is 2. The van der Waals surface area contributed by atoms with Crippen LogP contribution in [0.25, 0.3) is 0 Å². The summed E-state index contributed by atoms with van der Waals surface area (Å²) in [5.41, 5.74) is 5.41. The molecule has 0 aromatic heterocycles. The minimum atomic E-state index is -0.344. The predicted octanol–water partition coefficient (Wildman–Crippen LogP) is -0.610. The smallest absolute Gasteiger partial charge is 0.237 e. The molecule has 3 N–H and O–H groups in total. The number of nitrogens with one attached hydrogen (secondary N) is 1. The lowest BCUT2D eigenvalue weighted by atomic mass is 10.2. The van der Waals surface area contributed by atoms with E-state index in [1.165, 1.54) is 0 Å². The maximum Gasteiger partial charge on any atom is 0.237 e. The van der Waals surface area contributed by atoms with E-state index in [-0.39, 0.29) is 11.9 Å². The zero-order valence-electron chi connectivity index (χ0n) is 5.13. The fourth-order valence-corrected chi connectivity index (χ4v) is 0.724. The van der Waals surface area contributed by atoms with Crippen LogP contribution in [0, 0.1) is 0 Å². The Morgan fingerprint density at radius 2 is 2.44 bits per heavy atom. The Kier molecular flexibility index (Phi) is 1.85. The first-order valence-electron chi connectivity index (χ1n) is 2.99. The lowest BCUT2D eigenvalue weighted by molar-refractivity contribution is -0.121. The first kappa shape index (κ1) is 6.29. The Bertz CT molecular complexity index is 142. The summed E-state index contributed by atoms with van der Waals surface area (Å²) in [4.78, 5) is 10.7. The number of carbonyl (C=O) groups is 1. The van der Waals surface area contributed by atoms with Crippen molar-refractivity contribution >= 4 is 5.91 Å². The Morgan fingerprint density at radius 1 is 1.67 bits per heavy atom. The molecule has 0 radical (unpaired) electrons. The fourth-order valence-electron chi connectivity index (χ4n) is 0.724. The summed E-state index contributed by atoms with van der Waals surface area (Å²) in [5.74, 6) is -0.0556. The first-order valence-corrected chi connectivity index (χ1v) is 2.99. The summed E-state index contributed by atoms with van der Waals surface area (Å²) in [6.45, 7) is 0.618. The predicted molar refractivity (Wildman–Crippen MR) is 34.7 cm³/mol. The lowest BCUT2D eigenvalue weighted by Gasteiger charge is -2.03. The van der Waals surface area contributed by atoms with Gasteiger partial charge in [-0.15, -0.1) is 0 Å². The summed E-state index contributed by atoms with van der Waals surface area (Å²) >= 11 is 0. The Hall–Kier alpha value is -0.830. The topological polar surface area (TPSA) is 55.1 Å². The molecule has 0 fully saturated rings. The van der Waals surface area contributed by atoms with Crippen molar-refractivity contribution in [2.45, 2.75) is 12.5 Å². The number of nitrogens with two attached hydrogens (primary N) is 1. The second kappa shape index (κ2) is 2.64. The summed E-state index contributed by atoms with van der Waals surface area (Å²) < 4.78 is 0. The molecule has 0 saturated heterocycles. The van der Waals surface area contributed by atoms with E-state index in [1.807, 2.05) is 12.2 Å². The van der Waals surface area contributed by atoms with Gasteiger partial charge in [-0.1, -0.05) is 12.2 Å². The Balaban J connectivity index is 2.52. The average molecular weight is 126 g/mol. The SMILES string of the molecule is NC1CC=CCNC1=O. The molecule has 0 aromatic rings. The van der Waals surface area contributed by atoms with Crippen molar-refractivity contribution in [2.75, 3.05) is 6.54 Å². The second-order valence-corrected chi connectivity index (χ2v) is 2.06.